The van der Waals surface area contributed by atoms with Gasteiger partial charge in [-0.2, -0.15) is 0 Å². The SMILES string of the molecule is CCCS(=O)(=O)CCn1ccc2c(CC(C)N)cccc21. The Hall–Kier alpha value is -1.33. The third kappa shape index (κ3) is 4.08. The molecule has 1 aromatic heterocycles. The lowest BCUT2D eigenvalue weighted by molar-refractivity contribution is 0.588. The number of aryl methyl sites for hydroxylation is 1. The maximum atomic E-state index is 11.8. The first-order valence-electron chi connectivity index (χ1n) is 7.45. The molecule has 0 aliphatic heterocycles. The van der Waals surface area contributed by atoms with Crippen molar-refractivity contribution >= 4 is 20.7 Å². The number of rotatable bonds is 7. The van der Waals surface area contributed by atoms with Gasteiger partial charge in [0.15, 0.2) is 9.84 Å². The van der Waals surface area contributed by atoms with Crippen molar-refractivity contribution in [1.82, 2.24) is 4.57 Å². The number of sulfone groups is 1. The van der Waals surface area contributed by atoms with Gasteiger partial charge in [0.2, 0.25) is 0 Å². The second-order valence-corrected chi connectivity index (χ2v) is 8.00. The minimum atomic E-state index is -2.95. The van der Waals surface area contributed by atoms with Crippen LogP contribution >= 0.6 is 0 Å². The first-order valence-corrected chi connectivity index (χ1v) is 9.28. The number of nitrogens with two attached hydrogens (primary N) is 1. The smallest absolute Gasteiger partial charge is 0.152 e. The van der Waals surface area contributed by atoms with Crippen LogP contribution in [0.25, 0.3) is 10.9 Å². The molecule has 0 aliphatic carbocycles. The average molecular weight is 308 g/mol. The van der Waals surface area contributed by atoms with Crippen molar-refractivity contribution in [3.8, 4) is 0 Å². The first-order chi connectivity index (χ1) is 9.93. The van der Waals surface area contributed by atoms with Crippen LogP contribution in [-0.2, 0) is 22.8 Å². The zero-order chi connectivity index (χ0) is 15.5. The van der Waals surface area contributed by atoms with Crippen LogP contribution in [0.2, 0.25) is 0 Å². The largest absolute Gasteiger partial charge is 0.346 e. The summed E-state index contributed by atoms with van der Waals surface area (Å²) in [5.74, 6) is 0.463. The highest BCUT2D eigenvalue weighted by atomic mass is 32.2. The predicted octanol–water partition coefficient (Wildman–Crippen LogP) is 2.36. The monoisotopic (exact) mass is 308 g/mol. The Morgan fingerprint density at radius 3 is 2.67 bits per heavy atom. The Morgan fingerprint density at radius 2 is 2.00 bits per heavy atom. The number of hydrogen-bond donors (Lipinski definition) is 1. The summed E-state index contributed by atoms with van der Waals surface area (Å²) in [7, 11) is -2.95. The predicted molar refractivity (Wildman–Crippen MR) is 88.2 cm³/mol. The lowest BCUT2D eigenvalue weighted by Gasteiger charge is -2.09. The molecule has 116 valence electrons. The Bertz CT molecular complexity index is 702. The summed E-state index contributed by atoms with van der Waals surface area (Å²) >= 11 is 0. The molecule has 0 amide bonds. The maximum absolute atomic E-state index is 11.8. The molecule has 2 aromatic rings. The Kier molecular flexibility index (Phi) is 5.06. The van der Waals surface area contributed by atoms with Crippen LogP contribution in [0.15, 0.2) is 30.5 Å². The van der Waals surface area contributed by atoms with Gasteiger partial charge < -0.3 is 10.3 Å². The fraction of sp³-hybridized carbons (Fsp3) is 0.500. The van der Waals surface area contributed by atoms with Gasteiger partial charge in [0.05, 0.1) is 5.75 Å². The number of nitrogens with zero attached hydrogens (tertiary/aromatic N) is 1. The summed E-state index contributed by atoms with van der Waals surface area (Å²) in [6, 6.07) is 8.30. The molecule has 0 fully saturated rings. The van der Waals surface area contributed by atoms with Crippen molar-refractivity contribution < 1.29 is 8.42 Å². The summed E-state index contributed by atoms with van der Waals surface area (Å²) in [6.45, 7) is 4.39. The quantitative estimate of drug-likeness (QED) is 0.854. The van der Waals surface area contributed by atoms with E-state index in [1.165, 1.54) is 10.9 Å². The molecule has 4 nitrogen and oxygen atoms in total. The van der Waals surface area contributed by atoms with E-state index in [9.17, 15) is 8.42 Å². The molecule has 1 atom stereocenters. The molecule has 0 radical (unpaired) electrons. The van der Waals surface area contributed by atoms with Gasteiger partial charge in [0.25, 0.3) is 0 Å². The van der Waals surface area contributed by atoms with Crippen LogP contribution in [-0.4, -0.2) is 30.5 Å². The normalized spacial score (nSPS) is 13.7. The minimum absolute atomic E-state index is 0.115. The highest BCUT2D eigenvalue weighted by Gasteiger charge is 2.11. The average Bonchev–Trinajstić information content (AvgIpc) is 2.80. The van der Waals surface area contributed by atoms with E-state index in [0.29, 0.717) is 13.0 Å². The molecular formula is C16H24N2O2S. The van der Waals surface area contributed by atoms with Gasteiger partial charge in [-0.15, -0.1) is 0 Å². The van der Waals surface area contributed by atoms with E-state index < -0.39 is 9.84 Å². The molecule has 1 unspecified atom stereocenters. The lowest BCUT2D eigenvalue weighted by atomic mass is 10.0. The first kappa shape index (κ1) is 16.0. The molecule has 2 N–H and O–H groups in total. The lowest BCUT2D eigenvalue weighted by Crippen LogP contribution is -2.18. The highest BCUT2D eigenvalue weighted by Crippen LogP contribution is 2.21. The molecule has 0 aliphatic rings. The standard InChI is InChI=1S/C16H24N2O2S/c1-3-10-21(19,20)11-9-18-8-7-15-14(12-13(2)17)5-4-6-16(15)18/h4-8,13H,3,9-12,17H2,1-2H3. The molecule has 0 bridgehead atoms. The summed E-state index contributed by atoms with van der Waals surface area (Å²) in [6.07, 6.45) is 3.47. The van der Waals surface area contributed by atoms with E-state index >= 15 is 0 Å². The van der Waals surface area contributed by atoms with Gasteiger partial charge in [-0.1, -0.05) is 19.1 Å². The minimum Gasteiger partial charge on any atom is -0.346 e. The second kappa shape index (κ2) is 6.62. The number of benzene rings is 1. The van der Waals surface area contributed by atoms with Gasteiger partial charge in [-0.05, 0) is 37.5 Å². The zero-order valence-electron chi connectivity index (χ0n) is 12.7. The van der Waals surface area contributed by atoms with E-state index in [0.717, 1.165) is 11.9 Å². The molecule has 21 heavy (non-hydrogen) atoms. The van der Waals surface area contributed by atoms with Gasteiger partial charge in [-0.25, -0.2) is 8.42 Å². The van der Waals surface area contributed by atoms with E-state index in [2.05, 4.69) is 12.1 Å². The van der Waals surface area contributed by atoms with E-state index in [1.807, 2.05) is 36.7 Å². The fourth-order valence-corrected chi connectivity index (χ4v) is 3.96. The maximum Gasteiger partial charge on any atom is 0.152 e. The van der Waals surface area contributed by atoms with Crippen molar-refractivity contribution in [2.45, 2.75) is 39.3 Å². The van der Waals surface area contributed by atoms with Gasteiger partial charge >= 0.3 is 0 Å². The summed E-state index contributed by atoms with van der Waals surface area (Å²) in [4.78, 5) is 0. The number of hydrogen-bond acceptors (Lipinski definition) is 3. The highest BCUT2D eigenvalue weighted by molar-refractivity contribution is 7.91. The Morgan fingerprint density at radius 1 is 1.24 bits per heavy atom. The summed E-state index contributed by atoms with van der Waals surface area (Å²) in [5, 5.41) is 1.17. The van der Waals surface area contributed by atoms with E-state index in [4.69, 9.17) is 5.73 Å². The van der Waals surface area contributed by atoms with Crippen LogP contribution in [0, 0.1) is 0 Å². The molecule has 1 aromatic carbocycles. The summed E-state index contributed by atoms with van der Waals surface area (Å²) < 4.78 is 25.7. The number of fused-ring (bicyclic) bond motifs is 1. The van der Waals surface area contributed by atoms with Gasteiger partial charge in [-0.3, -0.25) is 0 Å². The van der Waals surface area contributed by atoms with E-state index in [1.54, 1.807) is 0 Å². The third-order valence-corrected chi connectivity index (χ3v) is 5.44. The summed E-state index contributed by atoms with van der Waals surface area (Å²) in [5.41, 5.74) is 8.19. The molecule has 0 spiro atoms. The van der Waals surface area contributed by atoms with Gasteiger partial charge in [0.1, 0.15) is 0 Å². The van der Waals surface area contributed by atoms with Crippen LogP contribution in [0.3, 0.4) is 0 Å². The van der Waals surface area contributed by atoms with Crippen molar-refractivity contribution in [3.63, 3.8) is 0 Å². The van der Waals surface area contributed by atoms with Crippen molar-refractivity contribution in [2.75, 3.05) is 11.5 Å². The zero-order valence-corrected chi connectivity index (χ0v) is 13.6. The molecule has 2 rings (SSSR count). The number of aromatic nitrogens is 1. The Labute approximate surface area is 126 Å². The van der Waals surface area contributed by atoms with E-state index in [-0.39, 0.29) is 17.5 Å². The van der Waals surface area contributed by atoms with Crippen LogP contribution in [0.5, 0.6) is 0 Å². The molecular weight excluding hydrogens is 284 g/mol. The third-order valence-electron chi connectivity index (χ3n) is 3.60. The van der Waals surface area contributed by atoms with Gasteiger partial charge in [0, 0.05) is 35.4 Å². The van der Waals surface area contributed by atoms with Crippen LogP contribution < -0.4 is 5.73 Å². The van der Waals surface area contributed by atoms with Crippen LogP contribution in [0.1, 0.15) is 25.8 Å². The van der Waals surface area contributed by atoms with Crippen molar-refractivity contribution in [2.24, 2.45) is 5.73 Å². The molecule has 0 saturated heterocycles. The topological polar surface area (TPSA) is 65.1 Å². The Balaban J connectivity index is 2.23. The molecule has 0 saturated carbocycles. The van der Waals surface area contributed by atoms with Crippen molar-refractivity contribution in [3.05, 3.63) is 36.0 Å². The fourth-order valence-electron chi connectivity index (χ4n) is 2.66. The van der Waals surface area contributed by atoms with Crippen LogP contribution in [0.4, 0.5) is 0 Å². The molecule has 5 heteroatoms. The van der Waals surface area contributed by atoms with Crippen molar-refractivity contribution in [1.29, 1.82) is 0 Å². The molecule has 1 heterocycles. The second-order valence-electron chi connectivity index (χ2n) is 5.69.